The van der Waals surface area contributed by atoms with Gasteiger partial charge in [-0.1, -0.05) is 0 Å². The Kier molecular flexibility index (Phi) is 6.44. The van der Waals surface area contributed by atoms with Crippen LogP contribution in [-0.2, 0) is 14.6 Å². The van der Waals surface area contributed by atoms with Gasteiger partial charge in [-0.15, -0.1) is 0 Å². The van der Waals surface area contributed by atoms with E-state index in [2.05, 4.69) is 5.32 Å². The molecule has 1 amide bonds. The molecule has 0 unspecified atom stereocenters. The summed E-state index contributed by atoms with van der Waals surface area (Å²) in [6.07, 6.45) is -0.114. The highest BCUT2D eigenvalue weighted by Gasteiger charge is 2.18. The summed E-state index contributed by atoms with van der Waals surface area (Å²) in [6, 6.07) is 4.32. The fourth-order valence-corrected chi connectivity index (χ4v) is 2.91. The van der Waals surface area contributed by atoms with Gasteiger partial charge < -0.3 is 20.5 Å². The number of hydrogen-bond acceptors (Lipinski definition) is 6. The van der Waals surface area contributed by atoms with Gasteiger partial charge in [0.1, 0.15) is 0 Å². The summed E-state index contributed by atoms with van der Waals surface area (Å²) < 4.78 is 34.5. The minimum Gasteiger partial charge on any atom is -0.493 e. The van der Waals surface area contributed by atoms with E-state index >= 15 is 0 Å². The van der Waals surface area contributed by atoms with E-state index in [1.165, 1.54) is 32.4 Å². The summed E-state index contributed by atoms with van der Waals surface area (Å²) in [5.41, 5.74) is 5.25. The smallest absolute Gasteiger partial charge is 0.221 e. The van der Waals surface area contributed by atoms with Crippen LogP contribution >= 0.6 is 0 Å². The van der Waals surface area contributed by atoms with E-state index in [0.717, 1.165) is 0 Å². The summed E-state index contributed by atoms with van der Waals surface area (Å²) in [5.74, 6) is 0.145. The van der Waals surface area contributed by atoms with Gasteiger partial charge in [0.05, 0.1) is 24.9 Å². The van der Waals surface area contributed by atoms with Crippen molar-refractivity contribution in [1.82, 2.24) is 5.32 Å². The van der Waals surface area contributed by atoms with E-state index in [4.69, 9.17) is 15.2 Å². The van der Waals surface area contributed by atoms with Gasteiger partial charge in [-0.2, -0.15) is 0 Å². The van der Waals surface area contributed by atoms with Crippen molar-refractivity contribution < 1.29 is 22.7 Å². The van der Waals surface area contributed by atoms with Crippen LogP contribution in [0.4, 0.5) is 0 Å². The number of benzene rings is 1. The molecule has 0 saturated carbocycles. The van der Waals surface area contributed by atoms with Gasteiger partial charge in [0.25, 0.3) is 0 Å². The van der Waals surface area contributed by atoms with Crippen molar-refractivity contribution in [1.29, 1.82) is 0 Å². The predicted molar refractivity (Wildman–Crippen MR) is 78.3 cm³/mol. The summed E-state index contributed by atoms with van der Waals surface area (Å²) in [7, 11) is -0.674. The van der Waals surface area contributed by atoms with E-state index in [-0.39, 0.29) is 23.0 Å². The number of amides is 1. The molecule has 0 spiro atoms. The molecule has 0 aliphatic heterocycles. The number of hydrogen-bond donors (Lipinski definition) is 2. The maximum Gasteiger partial charge on any atom is 0.221 e. The zero-order valence-electron chi connectivity index (χ0n) is 12.1. The largest absolute Gasteiger partial charge is 0.493 e. The van der Waals surface area contributed by atoms with Gasteiger partial charge in [-0.25, -0.2) is 8.42 Å². The number of rotatable bonds is 8. The van der Waals surface area contributed by atoms with E-state index in [1.807, 2.05) is 0 Å². The first-order chi connectivity index (χ1) is 9.94. The summed E-state index contributed by atoms with van der Waals surface area (Å²) in [6.45, 7) is 0.642. The SMILES string of the molecule is COc1ccc(S(=O)(=O)CCC(=O)NCCN)cc1OC. The Morgan fingerprint density at radius 1 is 1.24 bits per heavy atom. The lowest BCUT2D eigenvalue weighted by Gasteiger charge is -2.10. The van der Waals surface area contributed by atoms with Crippen molar-refractivity contribution >= 4 is 15.7 Å². The molecule has 0 atom stereocenters. The topological polar surface area (TPSA) is 108 Å². The molecule has 1 aromatic rings. The van der Waals surface area contributed by atoms with Crippen molar-refractivity contribution in [2.24, 2.45) is 5.73 Å². The van der Waals surface area contributed by atoms with Crippen LogP contribution in [0.15, 0.2) is 23.1 Å². The van der Waals surface area contributed by atoms with Crippen LogP contribution in [0.2, 0.25) is 0 Å². The molecule has 0 aliphatic rings. The highest BCUT2D eigenvalue weighted by atomic mass is 32.2. The van der Waals surface area contributed by atoms with Gasteiger partial charge in [0, 0.05) is 25.6 Å². The molecule has 0 aromatic heterocycles. The number of methoxy groups -OCH3 is 2. The molecule has 0 saturated heterocycles. The molecule has 0 aliphatic carbocycles. The summed E-state index contributed by atoms with van der Waals surface area (Å²) in [4.78, 5) is 11.5. The van der Waals surface area contributed by atoms with Crippen molar-refractivity contribution in [2.45, 2.75) is 11.3 Å². The molecule has 0 heterocycles. The standard InChI is InChI=1S/C13H20N2O5S/c1-19-11-4-3-10(9-12(11)20-2)21(17,18)8-5-13(16)15-7-6-14/h3-4,9H,5-8,14H2,1-2H3,(H,15,16). The molecule has 21 heavy (non-hydrogen) atoms. The Bertz CT molecular complexity index is 586. The summed E-state index contributed by atoms with van der Waals surface area (Å²) in [5, 5.41) is 2.52. The molecule has 3 N–H and O–H groups in total. The van der Waals surface area contributed by atoms with Crippen molar-refractivity contribution in [3.63, 3.8) is 0 Å². The molecule has 1 rings (SSSR count). The molecule has 8 heteroatoms. The predicted octanol–water partition coefficient (Wildman–Crippen LogP) is -0.0575. The average Bonchev–Trinajstić information content (AvgIpc) is 2.50. The Hall–Kier alpha value is -1.80. The van der Waals surface area contributed by atoms with Crippen LogP contribution in [0.3, 0.4) is 0 Å². The Balaban J connectivity index is 2.81. The van der Waals surface area contributed by atoms with Gasteiger partial charge in [0.2, 0.25) is 5.91 Å². The van der Waals surface area contributed by atoms with Crippen LogP contribution in [0.25, 0.3) is 0 Å². The van der Waals surface area contributed by atoms with Gasteiger partial charge in [-0.3, -0.25) is 4.79 Å². The van der Waals surface area contributed by atoms with Crippen molar-refractivity contribution in [3.05, 3.63) is 18.2 Å². The molecule has 7 nitrogen and oxygen atoms in total. The Morgan fingerprint density at radius 3 is 2.48 bits per heavy atom. The quantitative estimate of drug-likeness (QED) is 0.696. The maximum absolute atomic E-state index is 12.2. The second kappa shape index (κ2) is 7.84. The first-order valence-corrected chi connectivity index (χ1v) is 8.01. The third kappa shape index (κ3) is 4.91. The number of carbonyl (C=O) groups excluding carboxylic acids is 1. The Morgan fingerprint density at radius 2 is 1.90 bits per heavy atom. The van der Waals surface area contributed by atoms with Crippen LogP contribution < -0.4 is 20.5 Å². The highest BCUT2D eigenvalue weighted by molar-refractivity contribution is 7.91. The van der Waals surface area contributed by atoms with Crippen LogP contribution in [-0.4, -0.2) is 47.4 Å². The van der Waals surface area contributed by atoms with Gasteiger partial charge in [-0.05, 0) is 12.1 Å². The highest BCUT2D eigenvalue weighted by Crippen LogP contribution is 2.29. The molecular weight excluding hydrogens is 296 g/mol. The minimum atomic E-state index is -3.57. The molecule has 118 valence electrons. The fraction of sp³-hybridized carbons (Fsp3) is 0.462. The third-order valence-corrected chi connectivity index (χ3v) is 4.49. The van der Waals surface area contributed by atoms with Crippen LogP contribution in [0, 0.1) is 0 Å². The number of nitrogens with one attached hydrogen (secondary N) is 1. The average molecular weight is 316 g/mol. The zero-order valence-corrected chi connectivity index (χ0v) is 12.9. The van der Waals surface area contributed by atoms with E-state index in [0.29, 0.717) is 24.6 Å². The summed E-state index contributed by atoms with van der Waals surface area (Å²) >= 11 is 0. The monoisotopic (exact) mass is 316 g/mol. The molecule has 0 bridgehead atoms. The first kappa shape index (κ1) is 17.3. The third-order valence-electron chi connectivity index (χ3n) is 2.78. The number of ether oxygens (including phenoxy) is 2. The van der Waals surface area contributed by atoms with Gasteiger partial charge in [0.15, 0.2) is 21.3 Å². The van der Waals surface area contributed by atoms with Crippen molar-refractivity contribution in [3.8, 4) is 11.5 Å². The molecular formula is C13H20N2O5S. The Labute approximate surface area is 124 Å². The molecule has 0 radical (unpaired) electrons. The second-order valence-electron chi connectivity index (χ2n) is 4.22. The first-order valence-electron chi connectivity index (χ1n) is 6.36. The normalized spacial score (nSPS) is 11.0. The lowest BCUT2D eigenvalue weighted by Crippen LogP contribution is -2.30. The number of nitrogens with two attached hydrogens (primary N) is 1. The van der Waals surface area contributed by atoms with Crippen molar-refractivity contribution in [2.75, 3.05) is 33.1 Å². The lowest BCUT2D eigenvalue weighted by molar-refractivity contribution is -0.120. The van der Waals surface area contributed by atoms with Gasteiger partial charge >= 0.3 is 0 Å². The zero-order chi connectivity index (χ0) is 15.9. The van der Waals surface area contributed by atoms with Crippen LogP contribution in [0.5, 0.6) is 11.5 Å². The number of carbonyl (C=O) groups is 1. The molecule has 0 fully saturated rings. The minimum absolute atomic E-state index is 0.0896. The van der Waals surface area contributed by atoms with E-state index < -0.39 is 9.84 Å². The fourth-order valence-electron chi connectivity index (χ4n) is 1.65. The molecule has 1 aromatic carbocycles. The van der Waals surface area contributed by atoms with E-state index in [1.54, 1.807) is 0 Å². The maximum atomic E-state index is 12.2. The van der Waals surface area contributed by atoms with E-state index in [9.17, 15) is 13.2 Å². The van der Waals surface area contributed by atoms with Crippen LogP contribution in [0.1, 0.15) is 6.42 Å². The second-order valence-corrected chi connectivity index (χ2v) is 6.33. The lowest BCUT2D eigenvalue weighted by atomic mass is 10.3. The number of sulfone groups is 1.